The van der Waals surface area contributed by atoms with Crippen molar-refractivity contribution in [3.05, 3.63) is 0 Å². The highest BCUT2D eigenvalue weighted by atomic mass is 16.5. The molecule has 3 nitrogen and oxygen atoms in total. The number of hydrogen-bond acceptors (Lipinski definition) is 3. The van der Waals surface area contributed by atoms with Gasteiger partial charge in [0, 0.05) is 19.8 Å². The summed E-state index contributed by atoms with van der Waals surface area (Å²) in [5, 5.41) is 7.15. The lowest BCUT2D eigenvalue weighted by molar-refractivity contribution is 0.0240. The molecule has 0 aromatic carbocycles. The van der Waals surface area contributed by atoms with Crippen LogP contribution in [-0.4, -0.2) is 39.4 Å². The maximum absolute atomic E-state index is 5.43. The van der Waals surface area contributed by atoms with Crippen molar-refractivity contribution in [2.24, 2.45) is 11.3 Å². The molecular weight excluding hydrogens is 212 g/mol. The van der Waals surface area contributed by atoms with E-state index in [0.29, 0.717) is 5.41 Å². The Kier molecular flexibility index (Phi) is 5.26. The second kappa shape index (κ2) is 6.72. The van der Waals surface area contributed by atoms with E-state index in [1.54, 1.807) is 0 Å². The highest BCUT2D eigenvalue weighted by Crippen LogP contribution is 2.28. The van der Waals surface area contributed by atoms with E-state index in [2.05, 4.69) is 17.6 Å². The van der Waals surface area contributed by atoms with E-state index in [9.17, 15) is 0 Å². The summed E-state index contributed by atoms with van der Waals surface area (Å²) >= 11 is 0. The van der Waals surface area contributed by atoms with Gasteiger partial charge in [0.1, 0.15) is 0 Å². The Balaban J connectivity index is 1.55. The molecule has 0 aromatic rings. The zero-order valence-electron chi connectivity index (χ0n) is 11.3. The normalized spacial score (nSPS) is 29.1. The van der Waals surface area contributed by atoms with Crippen molar-refractivity contribution in [1.82, 2.24) is 10.6 Å². The second-order valence-corrected chi connectivity index (χ2v) is 6.10. The first-order valence-electron chi connectivity index (χ1n) is 7.28. The van der Waals surface area contributed by atoms with Crippen molar-refractivity contribution in [2.45, 2.75) is 39.0 Å². The van der Waals surface area contributed by atoms with Crippen molar-refractivity contribution in [3.8, 4) is 0 Å². The van der Waals surface area contributed by atoms with Crippen LogP contribution in [0.2, 0.25) is 0 Å². The Morgan fingerprint density at radius 2 is 2.18 bits per heavy atom. The van der Waals surface area contributed by atoms with Gasteiger partial charge in [-0.25, -0.2) is 0 Å². The molecule has 2 heterocycles. The zero-order valence-corrected chi connectivity index (χ0v) is 11.3. The molecule has 2 fully saturated rings. The number of ether oxygens (including phenoxy) is 1. The number of piperidine rings is 1. The summed E-state index contributed by atoms with van der Waals surface area (Å²) in [4.78, 5) is 0. The largest absolute Gasteiger partial charge is 0.381 e. The first-order chi connectivity index (χ1) is 8.29. The molecular formula is C14H28N2O. The van der Waals surface area contributed by atoms with Crippen LogP contribution in [0.5, 0.6) is 0 Å². The van der Waals surface area contributed by atoms with Gasteiger partial charge in [-0.3, -0.25) is 0 Å². The molecule has 2 rings (SSSR count). The molecule has 2 N–H and O–H groups in total. The average Bonchev–Trinajstić information content (AvgIpc) is 2.37. The van der Waals surface area contributed by atoms with E-state index in [1.165, 1.54) is 51.7 Å². The van der Waals surface area contributed by atoms with Crippen LogP contribution in [0.3, 0.4) is 0 Å². The van der Waals surface area contributed by atoms with Gasteiger partial charge in [-0.05, 0) is 63.1 Å². The Hall–Kier alpha value is -0.120. The van der Waals surface area contributed by atoms with Crippen molar-refractivity contribution in [2.75, 3.05) is 39.4 Å². The molecule has 0 radical (unpaired) electrons. The molecule has 0 bridgehead atoms. The van der Waals surface area contributed by atoms with E-state index < -0.39 is 0 Å². The van der Waals surface area contributed by atoms with Crippen molar-refractivity contribution >= 4 is 0 Å². The van der Waals surface area contributed by atoms with Gasteiger partial charge in [0.15, 0.2) is 0 Å². The molecule has 1 unspecified atom stereocenters. The summed E-state index contributed by atoms with van der Waals surface area (Å²) in [5.41, 5.74) is 0.475. The third-order valence-electron chi connectivity index (χ3n) is 4.38. The molecule has 2 saturated heterocycles. The smallest absolute Gasteiger partial charge is 0.0471 e. The van der Waals surface area contributed by atoms with Crippen LogP contribution >= 0.6 is 0 Å². The third kappa shape index (κ3) is 4.57. The molecule has 2 aliphatic heterocycles. The van der Waals surface area contributed by atoms with Gasteiger partial charge in [-0.2, -0.15) is 0 Å². The Labute approximate surface area is 106 Å². The summed E-state index contributed by atoms with van der Waals surface area (Å²) in [5.74, 6) is 0.902. The van der Waals surface area contributed by atoms with Crippen molar-refractivity contribution in [1.29, 1.82) is 0 Å². The molecule has 100 valence electrons. The van der Waals surface area contributed by atoms with Gasteiger partial charge in [0.25, 0.3) is 0 Å². The minimum absolute atomic E-state index is 0.475. The molecule has 1 atom stereocenters. The fraction of sp³-hybridized carbons (Fsp3) is 1.00. The van der Waals surface area contributed by atoms with E-state index in [4.69, 9.17) is 4.74 Å². The highest BCUT2D eigenvalue weighted by molar-refractivity contribution is 4.80. The zero-order chi connectivity index (χ0) is 12.0. The molecule has 3 heteroatoms. The summed E-state index contributed by atoms with van der Waals surface area (Å²) < 4.78 is 5.43. The average molecular weight is 240 g/mol. The second-order valence-electron chi connectivity index (χ2n) is 6.10. The van der Waals surface area contributed by atoms with Gasteiger partial charge < -0.3 is 15.4 Å². The van der Waals surface area contributed by atoms with Gasteiger partial charge in [0.05, 0.1) is 0 Å². The van der Waals surface area contributed by atoms with Crippen LogP contribution in [0.1, 0.15) is 39.0 Å². The predicted molar refractivity (Wildman–Crippen MR) is 71.2 cm³/mol. The highest BCUT2D eigenvalue weighted by Gasteiger charge is 2.26. The van der Waals surface area contributed by atoms with Crippen LogP contribution in [-0.2, 0) is 4.74 Å². The minimum Gasteiger partial charge on any atom is -0.381 e. The lowest BCUT2D eigenvalue weighted by Crippen LogP contribution is -2.38. The number of nitrogens with one attached hydrogen (secondary N) is 2. The van der Waals surface area contributed by atoms with Crippen LogP contribution in [0.25, 0.3) is 0 Å². The first-order valence-corrected chi connectivity index (χ1v) is 7.28. The molecule has 0 spiro atoms. The standard InChI is InChI=1S/C14H28N2O/c1-14(5-9-17-10-6-14)12-16-8-4-13-3-2-7-15-11-13/h13,15-16H,2-12H2,1H3. The van der Waals surface area contributed by atoms with E-state index in [0.717, 1.165) is 25.7 Å². The van der Waals surface area contributed by atoms with E-state index in [1.807, 2.05) is 0 Å². The summed E-state index contributed by atoms with van der Waals surface area (Å²) in [7, 11) is 0. The summed E-state index contributed by atoms with van der Waals surface area (Å²) in [6, 6.07) is 0. The Bertz CT molecular complexity index is 208. The van der Waals surface area contributed by atoms with Gasteiger partial charge >= 0.3 is 0 Å². The van der Waals surface area contributed by atoms with Crippen LogP contribution in [0.15, 0.2) is 0 Å². The number of rotatable bonds is 5. The van der Waals surface area contributed by atoms with Gasteiger partial charge in [0.2, 0.25) is 0 Å². The fourth-order valence-electron chi connectivity index (χ4n) is 2.91. The molecule has 2 aliphatic rings. The van der Waals surface area contributed by atoms with Gasteiger partial charge in [-0.15, -0.1) is 0 Å². The topological polar surface area (TPSA) is 33.3 Å². The quantitative estimate of drug-likeness (QED) is 0.719. The molecule has 0 amide bonds. The molecule has 0 aliphatic carbocycles. The van der Waals surface area contributed by atoms with E-state index in [-0.39, 0.29) is 0 Å². The minimum atomic E-state index is 0.475. The van der Waals surface area contributed by atoms with Crippen LogP contribution < -0.4 is 10.6 Å². The van der Waals surface area contributed by atoms with Crippen molar-refractivity contribution < 1.29 is 4.74 Å². The lowest BCUT2D eigenvalue weighted by Gasteiger charge is -2.34. The fourth-order valence-corrected chi connectivity index (χ4v) is 2.91. The summed E-state index contributed by atoms with van der Waals surface area (Å²) in [6.07, 6.45) is 6.54. The maximum atomic E-state index is 5.43. The van der Waals surface area contributed by atoms with E-state index >= 15 is 0 Å². The van der Waals surface area contributed by atoms with Crippen LogP contribution in [0.4, 0.5) is 0 Å². The molecule has 0 aromatic heterocycles. The third-order valence-corrected chi connectivity index (χ3v) is 4.38. The Morgan fingerprint density at radius 1 is 1.35 bits per heavy atom. The predicted octanol–water partition coefficient (Wildman–Crippen LogP) is 1.78. The summed E-state index contributed by atoms with van der Waals surface area (Å²) in [6.45, 7) is 9.09. The lowest BCUT2D eigenvalue weighted by atomic mass is 9.82. The SMILES string of the molecule is CC1(CNCCC2CCCNC2)CCOCC1. The maximum Gasteiger partial charge on any atom is 0.0471 e. The van der Waals surface area contributed by atoms with Crippen molar-refractivity contribution in [3.63, 3.8) is 0 Å². The first kappa shape index (κ1) is 13.3. The monoisotopic (exact) mass is 240 g/mol. The molecule has 17 heavy (non-hydrogen) atoms. The number of hydrogen-bond donors (Lipinski definition) is 2. The van der Waals surface area contributed by atoms with Crippen LogP contribution in [0, 0.1) is 11.3 Å². The Morgan fingerprint density at radius 3 is 2.88 bits per heavy atom. The van der Waals surface area contributed by atoms with Gasteiger partial charge in [-0.1, -0.05) is 6.92 Å². The molecule has 0 saturated carbocycles.